The van der Waals surface area contributed by atoms with Crippen molar-refractivity contribution in [1.82, 2.24) is 0 Å². The summed E-state index contributed by atoms with van der Waals surface area (Å²) in [6, 6.07) is 3.66. The van der Waals surface area contributed by atoms with Crippen molar-refractivity contribution in [3.8, 4) is 11.5 Å². The SMILES string of the molecule is CCOc1c(CCC(=O)O)cc(Br)cc1OC. The van der Waals surface area contributed by atoms with Crippen molar-refractivity contribution >= 4 is 21.9 Å². The molecule has 0 saturated carbocycles. The average molecular weight is 303 g/mol. The maximum atomic E-state index is 10.6. The Labute approximate surface area is 109 Å². The first kappa shape index (κ1) is 13.8. The summed E-state index contributed by atoms with van der Waals surface area (Å²) in [7, 11) is 1.56. The van der Waals surface area contributed by atoms with E-state index in [2.05, 4.69) is 15.9 Å². The minimum atomic E-state index is -0.827. The number of benzene rings is 1. The predicted octanol–water partition coefficient (Wildman–Crippen LogP) is 2.87. The second-order valence-corrected chi connectivity index (χ2v) is 4.34. The minimum absolute atomic E-state index is 0.0691. The molecule has 0 fully saturated rings. The van der Waals surface area contributed by atoms with Crippen LogP contribution in [0.1, 0.15) is 18.9 Å². The Morgan fingerprint density at radius 3 is 2.71 bits per heavy atom. The van der Waals surface area contributed by atoms with Gasteiger partial charge in [-0.15, -0.1) is 0 Å². The maximum absolute atomic E-state index is 10.6. The van der Waals surface area contributed by atoms with Crippen LogP contribution < -0.4 is 9.47 Å². The van der Waals surface area contributed by atoms with Gasteiger partial charge in [0.2, 0.25) is 0 Å². The van der Waals surface area contributed by atoms with Crippen LogP contribution in [0.5, 0.6) is 11.5 Å². The van der Waals surface area contributed by atoms with E-state index in [0.29, 0.717) is 24.5 Å². The van der Waals surface area contributed by atoms with E-state index in [1.165, 1.54) is 0 Å². The van der Waals surface area contributed by atoms with Gasteiger partial charge < -0.3 is 14.6 Å². The summed E-state index contributed by atoms with van der Waals surface area (Å²) in [5.41, 5.74) is 0.834. The molecule has 1 aromatic rings. The number of aryl methyl sites for hydroxylation is 1. The standard InChI is InChI=1S/C12H15BrO4/c1-3-17-12-8(4-5-11(14)15)6-9(13)7-10(12)16-2/h6-7H,3-5H2,1-2H3,(H,14,15). The highest BCUT2D eigenvalue weighted by atomic mass is 79.9. The molecular weight excluding hydrogens is 288 g/mol. The Balaban J connectivity index is 3.06. The van der Waals surface area contributed by atoms with Crippen molar-refractivity contribution in [2.75, 3.05) is 13.7 Å². The van der Waals surface area contributed by atoms with Gasteiger partial charge in [-0.1, -0.05) is 15.9 Å². The second kappa shape index (κ2) is 6.49. The Morgan fingerprint density at radius 1 is 1.47 bits per heavy atom. The number of carboxylic acid groups (broad SMARTS) is 1. The van der Waals surface area contributed by atoms with Gasteiger partial charge in [0.05, 0.1) is 13.7 Å². The number of hydrogen-bond donors (Lipinski definition) is 1. The van der Waals surface area contributed by atoms with Gasteiger partial charge in [0, 0.05) is 10.9 Å². The number of rotatable bonds is 6. The van der Waals surface area contributed by atoms with Gasteiger partial charge in [-0.05, 0) is 31.0 Å². The zero-order chi connectivity index (χ0) is 12.8. The lowest BCUT2D eigenvalue weighted by molar-refractivity contribution is -0.136. The van der Waals surface area contributed by atoms with Crippen molar-refractivity contribution in [2.45, 2.75) is 19.8 Å². The molecule has 0 atom stereocenters. The van der Waals surface area contributed by atoms with Crippen LogP contribution in [0.3, 0.4) is 0 Å². The largest absolute Gasteiger partial charge is 0.493 e. The third-order valence-electron chi connectivity index (χ3n) is 2.21. The van der Waals surface area contributed by atoms with E-state index in [4.69, 9.17) is 14.6 Å². The first-order valence-electron chi connectivity index (χ1n) is 5.29. The quantitative estimate of drug-likeness (QED) is 0.878. The van der Waals surface area contributed by atoms with Crippen molar-refractivity contribution in [2.24, 2.45) is 0 Å². The Kier molecular flexibility index (Phi) is 5.28. The monoisotopic (exact) mass is 302 g/mol. The molecule has 0 aliphatic carbocycles. The van der Waals surface area contributed by atoms with E-state index in [-0.39, 0.29) is 6.42 Å². The highest BCUT2D eigenvalue weighted by molar-refractivity contribution is 9.10. The number of carbonyl (C=O) groups is 1. The maximum Gasteiger partial charge on any atom is 0.303 e. The molecule has 0 bridgehead atoms. The van der Waals surface area contributed by atoms with Crippen LogP contribution in [0, 0.1) is 0 Å². The zero-order valence-electron chi connectivity index (χ0n) is 9.83. The fourth-order valence-electron chi connectivity index (χ4n) is 1.51. The molecule has 0 saturated heterocycles. The van der Waals surface area contributed by atoms with Gasteiger partial charge in [-0.25, -0.2) is 0 Å². The normalized spacial score (nSPS) is 10.1. The van der Waals surface area contributed by atoms with E-state index in [9.17, 15) is 4.79 Å². The van der Waals surface area contributed by atoms with E-state index in [0.717, 1.165) is 10.0 Å². The van der Waals surface area contributed by atoms with E-state index >= 15 is 0 Å². The van der Waals surface area contributed by atoms with Crippen LogP contribution in [0.25, 0.3) is 0 Å². The lowest BCUT2D eigenvalue weighted by Gasteiger charge is -2.14. The number of aliphatic carboxylic acids is 1. The second-order valence-electron chi connectivity index (χ2n) is 3.42. The van der Waals surface area contributed by atoms with Crippen LogP contribution in [0.15, 0.2) is 16.6 Å². The molecule has 94 valence electrons. The number of methoxy groups -OCH3 is 1. The van der Waals surface area contributed by atoms with Crippen molar-refractivity contribution in [1.29, 1.82) is 0 Å². The van der Waals surface area contributed by atoms with Crippen LogP contribution in [0.4, 0.5) is 0 Å². The summed E-state index contributed by atoms with van der Waals surface area (Å²) in [6.45, 7) is 2.39. The molecule has 0 unspecified atom stereocenters. The number of carboxylic acids is 1. The molecule has 0 amide bonds. The molecule has 1 rings (SSSR count). The van der Waals surface area contributed by atoms with Gasteiger partial charge in [-0.3, -0.25) is 4.79 Å². The molecule has 0 aromatic heterocycles. The lowest BCUT2D eigenvalue weighted by Crippen LogP contribution is -2.03. The minimum Gasteiger partial charge on any atom is -0.493 e. The third-order valence-corrected chi connectivity index (χ3v) is 2.67. The molecule has 5 heteroatoms. The van der Waals surface area contributed by atoms with Gasteiger partial charge in [0.15, 0.2) is 11.5 Å². The molecule has 0 aliphatic heterocycles. The Morgan fingerprint density at radius 2 is 2.18 bits per heavy atom. The van der Waals surface area contributed by atoms with Crippen LogP contribution in [0.2, 0.25) is 0 Å². The molecule has 1 aromatic carbocycles. The number of halogens is 1. The highest BCUT2D eigenvalue weighted by Gasteiger charge is 2.13. The van der Waals surface area contributed by atoms with Crippen LogP contribution >= 0.6 is 15.9 Å². The summed E-state index contributed by atoms with van der Waals surface area (Å²) in [5.74, 6) is 0.410. The van der Waals surface area contributed by atoms with Gasteiger partial charge in [-0.2, -0.15) is 0 Å². The van der Waals surface area contributed by atoms with Crippen LogP contribution in [-0.2, 0) is 11.2 Å². The fraction of sp³-hybridized carbons (Fsp3) is 0.417. The predicted molar refractivity (Wildman–Crippen MR) is 67.8 cm³/mol. The summed E-state index contributed by atoms with van der Waals surface area (Å²) in [5, 5.41) is 8.71. The fourth-order valence-corrected chi connectivity index (χ4v) is 1.99. The molecule has 17 heavy (non-hydrogen) atoms. The van der Waals surface area contributed by atoms with Crippen molar-refractivity contribution in [3.05, 3.63) is 22.2 Å². The smallest absolute Gasteiger partial charge is 0.303 e. The van der Waals surface area contributed by atoms with E-state index in [1.54, 1.807) is 13.2 Å². The summed E-state index contributed by atoms with van der Waals surface area (Å²) in [6.07, 6.45) is 0.486. The lowest BCUT2D eigenvalue weighted by atomic mass is 10.1. The zero-order valence-corrected chi connectivity index (χ0v) is 11.4. The molecule has 0 aliphatic rings. The molecule has 4 nitrogen and oxygen atoms in total. The molecule has 0 radical (unpaired) electrons. The molecular formula is C12H15BrO4. The van der Waals surface area contributed by atoms with Gasteiger partial charge >= 0.3 is 5.97 Å². The summed E-state index contributed by atoms with van der Waals surface area (Å²) in [4.78, 5) is 10.6. The van der Waals surface area contributed by atoms with E-state index in [1.807, 2.05) is 13.0 Å². The number of hydrogen-bond acceptors (Lipinski definition) is 3. The molecule has 1 N–H and O–H groups in total. The average Bonchev–Trinajstić information content (AvgIpc) is 2.28. The molecule has 0 heterocycles. The van der Waals surface area contributed by atoms with Crippen LogP contribution in [-0.4, -0.2) is 24.8 Å². The first-order chi connectivity index (χ1) is 8.08. The Bertz CT molecular complexity index is 404. The Hall–Kier alpha value is -1.23. The van der Waals surface area contributed by atoms with Crippen molar-refractivity contribution in [3.63, 3.8) is 0 Å². The molecule has 0 spiro atoms. The van der Waals surface area contributed by atoms with Gasteiger partial charge in [0.25, 0.3) is 0 Å². The first-order valence-corrected chi connectivity index (χ1v) is 6.08. The highest BCUT2D eigenvalue weighted by Crippen LogP contribution is 2.35. The summed E-state index contributed by atoms with van der Waals surface area (Å²) < 4.78 is 11.6. The van der Waals surface area contributed by atoms with Crippen molar-refractivity contribution < 1.29 is 19.4 Å². The third kappa shape index (κ3) is 3.93. The number of ether oxygens (including phenoxy) is 2. The van der Waals surface area contributed by atoms with E-state index < -0.39 is 5.97 Å². The topological polar surface area (TPSA) is 55.8 Å². The summed E-state index contributed by atoms with van der Waals surface area (Å²) >= 11 is 3.36. The van der Waals surface area contributed by atoms with Gasteiger partial charge in [0.1, 0.15) is 0 Å².